The van der Waals surface area contributed by atoms with Gasteiger partial charge in [0.25, 0.3) is 0 Å². The minimum absolute atomic E-state index is 0.114. The highest BCUT2D eigenvalue weighted by Crippen LogP contribution is 2.36. The molecule has 2 heterocycles. The standard InChI is InChI=1S/C23H29N3O2/c1-3-14-10-16-12-22(26-19(16)11-15(14)4-2)25-13-21(28)17-7-8-20(27)23-18(17)6-5-9-24-23/h5-8,10-11,21-22,24-28H,3-4,9,12-13H2,1-2H3/t21-,22?/m0/s1. The number of fused-ring (bicyclic) bond motifs is 2. The summed E-state index contributed by atoms with van der Waals surface area (Å²) in [6.07, 6.45) is 6.44. The Morgan fingerprint density at radius 2 is 1.96 bits per heavy atom. The van der Waals surface area contributed by atoms with E-state index in [1.165, 1.54) is 22.4 Å². The van der Waals surface area contributed by atoms with Gasteiger partial charge < -0.3 is 20.8 Å². The number of rotatable bonds is 6. The molecule has 0 saturated heterocycles. The Kier molecular flexibility index (Phi) is 5.29. The molecule has 5 N–H and O–H groups in total. The molecule has 0 bridgehead atoms. The van der Waals surface area contributed by atoms with Crippen LogP contribution in [0.2, 0.25) is 0 Å². The summed E-state index contributed by atoms with van der Waals surface area (Å²) in [5.41, 5.74) is 7.77. The second-order valence-electron chi connectivity index (χ2n) is 7.56. The summed E-state index contributed by atoms with van der Waals surface area (Å²) in [6.45, 7) is 5.53. The van der Waals surface area contributed by atoms with Crippen LogP contribution in [-0.2, 0) is 19.3 Å². The lowest BCUT2D eigenvalue weighted by Crippen LogP contribution is -2.37. The van der Waals surface area contributed by atoms with E-state index in [0.29, 0.717) is 18.8 Å². The Morgan fingerprint density at radius 1 is 1.18 bits per heavy atom. The van der Waals surface area contributed by atoms with Crippen LogP contribution in [0.3, 0.4) is 0 Å². The predicted molar refractivity (Wildman–Crippen MR) is 115 cm³/mol. The lowest BCUT2D eigenvalue weighted by molar-refractivity contribution is 0.171. The van der Waals surface area contributed by atoms with Crippen LogP contribution in [0.1, 0.15) is 47.8 Å². The van der Waals surface area contributed by atoms with Gasteiger partial charge in [0.05, 0.1) is 18.0 Å². The fraction of sp³-hybridized carbons (Fsp3) is 0.391. The Morgan fingerprint density at radius 3 is 2.75 bits per heavy atom. The van der Waals surface area contributed by atoms with Gasteiger partial charge in [0.2, 0.25) is 0 Å². The van der Waals surface area contributed by atoms with Gasteiger partial charge in [-0.2, -0.15) is 0 Å². The summed E-state index contributed by atoms with van der Waals surface area (Å²) < 4.78 is 0. The topological polar surface area (TPSA) is 76.5 Å². The van der Waals surface area contributed by atoms with Crippen molar-refractivity contribution in [3.05, 3.63) is 58.2 Å². The largest absolute Gasteiger partial charge is 0.506 e. The number of aliphatic hydroxyl groups is 1. The maximum absolute atomic E-state index is 10.8. The summed E-state index contributed by atoms with van der Waals surface area (Å²) >= 11 is 0. The number of aryl methyl sites for hydroxylation is 2. The predicted octanol–water partition coefficient (Wildman–Crippen LogP) is 3.57. The second-order valence-corrected chi connectivity index (χ2v) is 7.56. The van der Waals surface area contributed by atoms with Crippen LogP contribution in [-0.4, -0.2) is 29.5 Å². The van der Waals surface area contributed by atoms with Crippen LogP contribution < -0.4 is 16.0 Å². The van der Waals surface area contributed by atoms with E-state index in [-0.39, 0.29) is 11.9 Å². The molecule has 28 heavy (non-hydrogen) atoms. The van der Waals surface area contributed by atoms with Crippen molar-refractivity contribution in [1.82, 2.24) is 5.32 Å². The average molecular weight is 380 g/mol. The molecule has 4 rings (SSSR count). The molecule has 0 saturated carbocycles. The van der Waals surface area contributed by atoms with Gasteiger partial charge in [0.1, 0.15) is 5.75 Å². The van der Waals surface area contributed by atoms with E-state index in [4.69, 9.17) is 0 Å². The molecule has 2 aromatic rings. The van der Waals surface area contributed by atoms with Gasteiger partial charge in [0, 0.05) is 30.8 Å². The smallest absolute Gasteiger partial charge is 0.139 e. The van der Waals surface area contributed by atoms with E-state index in [1.54, 1.807) is 12.1 Å². The first-order valence-corrected chi connectivity index (χ1v) is 10.2. The SMILES string of the molecule is CCc1cc2c(cc1CC)NC(NC[C@H](O)c1ccc(O)c3c1C=CCN3)C2. The van der Waals surface area contributed by atoms with E-state index >= 15 is 0 Å². The quantitative estimate of drug-likeness (QED) is 0.496. The highest BCUT2D eigenvalue weighted by molar-refractivity contribution is 5.77. The molecule has 2 aromatic carbocycles. The third kappa shape index (κ3) is 3.48. The zero-order valence-corrected chi connectivity index (χ0v) is 16.5. The molecule has 0 amide bonds. The summed E-state index contributed by atoms with van der Waals surface area (Å²) in [7, 11) is 0. The van der Waals surface area contributed by atoms with Crippen LogP contribution in [0.5, 0.6) is 5.75 Å². The Hall–Kier alpha value is -2.50. The number of benzene rings is 2. The lowest BCUT2D eigenvalue weighted by atomic mass is 9.97. The summed E-state index contributed by atoms with van der Waals surface area (Å²) in [6, 6.07) is 8.05. The molecule has 5 nitrogen and oxygen atoms in total. The van der Waals surface area contributed by atoms with E-state index in [1.807, 2.05) is 12.2 Å². The number of phenolic OH excluding ortho intramolecular Hbond substituents is 1. The molecule has 148 valence electrons. The molecular formula is C23H29N3O2. The third-order valence-corrected chi connectivity index (χ3v) is 5.80. The Bertz CT molecular complexity index is 874. The molecular weight excluding hydrogens is 350 g/mol. The molecule has 0 spiro atoms. The van der Waals surface area contributed by atoms with E-state index in [9.17, 15) is 10.2 Å². The van der Waals surface area contributed by atoms with Crippen molar-refractivity contribution in [3.63, 3.8) is 0 Å². The average Bonchev–Trinajstić information content (AvgIpc) is 3.13. The normalized spacial score (nSPS) is 18.2. The fourth-order valence-corrected chi connectivity index (χ4v) is 4.27. The van der Waals surface area contributed by atoms with Gasteiger partial charge in [-0.05, 0) is 47.2 Å². The van der Waals surface area contributed by atoms with Gasteiger partial charge in [-0.25, -0.2) is 0 Å². The van der Waals surface area contributed by atoms with Gasteiger partial charge in [0.15, 0.2) is 0 Å². The minimum Gasteiger partial charge on any atom is -0.506 e. The number of hydrogen-bond acceptors (Lipinski definition) is 5. The van der Waals surface area contributed by atoms with Crippen LogP contribution in [0.25, 0.3) is 6.08 Å². The maximum atomic E-state index is 10.8. The molecule has 5 heteroatoms. The monoisotopic (exact) mass is 379 g/mol. The zero-order valence-electron chi connectivity index (χ0n) is 16.5. The van der Waals surface area contributed by atoms with Crippen LogP contribution in [0.15, 0.2) is 30.3 Å². The van der Waals surface area contributed by atoms with Crippen molar-refractivity contribution in [1.29, 1.82) is 0 Å². The van der Waals surface area contributed by atoms with Crippen molar-refractivity contribution in [2.75, 3.05) is 23.7 Å². The molecule has 0 aromatic heterocycles. The molecule has 1 unspecified atom stereocenters. The number of nitrogens with one attached hydrogen (secondary N) is 3. The molecule has 0 aliphatic carbocycles. The third-order valence-electron chi connectivity index (χ3n) is 5.80. The van der Waals surface area contributed by atoms with Gasteiger partial charge in [-0.1, -0.05) is 38.1 Å². The first-order valence-electron chi connectivity index (χ1n) is 10.2. The molecule has 0 radical (unpaired) electrons. The Balaban J connectivity index is 1.44. The van der Waals surface area contributed by atoms with Crippen LogP contribution in [0, 0.1) is 0 Å². The number of aliphatic hydroxyl groups excluding tert-OH is 1. The zero-order chi connectivity index (χ0) is 19.7. The van der Waals surface area contributed by atoms with Crippen molar-refractivity contribution in [2.45, 2.75) is 45.4 Å². The van der Waals surface area contributed by atoms with E-state index in [2.05, 4.69) is 41.9 Å². The number of aromatic hydroxyl groups is 1. The molecule has 2 aliphatic heterocycles. The van der Waals surface area contributed by atoms with Crippen molar-refractivity contribution < 1.29 is 10.2 Å². The fourth-order valence-electron chi connectivity index (χ4n) is 4.27. The van der Waals surface area contributed by atoms with E-state index < -0.39 is 6.10 Å². The first-order chi connectivity index (χ1) is 13.6. The molecule has 2 atom stereocenters. The second kappa shape index (κ2) is 7.86. The number of anilines is 2. The molecule has 0 fully saturated rings. The van der Waals surface area contributed by atoms with Crippen molar-refractivity contribution in [2.24, 2.45) is 0 Å². The number of phenols is 1. The van der Waals surface area contributed by atoms with Crippen molar-refractivity contribution in [3.8, 4) is 5.75 Å². The Labute approximate surface area is 166 Å². The highest BCUT2D eigenvalue weighted by Gasteiger charge is 2.24. The maximum Gasteiger partial charge on any atom is 0.139 e. The van der Waals surface area contributed by atoms with Crippen LogP contribution >= 0.6 is 0 Å². The lowest BCUT2D eigenvalue weighted by Gasteiger charge is -2.22. The van der Waals surface area contributed by atoms with E-state index in [0.717, 1.165) is 30.4 Å². The van der Waals surface area contributed by atoms with Gasteiger partial charge in [-0.3, -0.25) is 5.32 Å². The van der Waals surface area contributed by atoms with Gasteiger partial charge in [-0.15, -0.1) is 0 Å². The van der Waals surface area contributed by atoms with Crippen molar-refractivity contribution >= 4 is 17.5 Å². The summed E-state index contributed by atoms with van der Waals surface area (Å²) in [5.74, 6) is 0.217. The summed E-state index contributed by atoms with van der Waals surface area (Å²) in [4.78, 5) is 0. The van der Waals surface area contributed by atoms with Crippen LogP contribution in [0.4, 0.5) is 11.4 Å². The molecule has 2 aliphatic rings. The van der Waals surface area contributed by atoms with Gasteiger partial charge >= 0.3 is 0 Å². The number of hydrogen-bond donors (Lipinski definition) is 5. The first kappa shape index (κ1) is 18.8. The highest BCUT2D eigenvalue weighted by atomic mass is 16.3. The minimum atomic E-state index is -0.651. The summed E-state index contributed by atoms with van der Waals surface area (Å²) in [5, 5.41) is 31.0.